The summed E-state index contributed by atoms with van der Waals surface area (Å²) in [6.07, 6.45) is 1.49. The highest BCUT2D eigenvalue weighted by Gasteiger charge is 2.13. The lowest BCUT2D eigenvalue weighted by Crippen LogP contribution is -2.34. The minimum Gasteiger partial charge on any atom is -0.493 e. The van der Waals surface area contributed by atoms with Crippen LogP contribution in [-0.4, -0.2) is 57.1 Å². The summed E-state index contributed by atoms with van der Waals surface area (Å²) in [6, 6.07) is 5.91. The van der Waals surface area contributed by atoms with Crippen LogP contribution >= 0.6 is 0 Å². The average molecular weight is 311 g/mol. The quantitative estimate of drug-likeness (QED) is 0.679. The topological polar surface area (TPSA) is 51.2 Å². The van der Waals surface area contributed by atoms with Crippen molar-refractivity contribution in [3.8, 4) is 11.5 Å². The van der Waals surface area contributed by atoms with Gasteiger partial charge in [0.1, 0.15) is 0 Å². The van der Waals surface area contributed by atoms with Gasteiger partial charge in [-0.3, -0.25) is 4.90 Å². The predicted molar refractivity (Wildman–Crippen MR) is 87.6 cm³/mol. The maximum atomic E-state index is 10.1. The van der Waals surface area contributed by atoms with E-state index in [0.717, 1.165) is 43.0 Å². The summed E-state index contributed by atoms with van der Waals surface area (Å²) in [5.74, 6) is 1.45. The van der Waals surface area contributed by atoms with Crippen LogP contribution in [0.2, 0.25) is 0 Å². The maximum Gasteiger partial charge on any atom is 0.161 e. The number of nitrogens with zero attached hydrogens (tertiary/aromatic N) is 1. The van der Waals surface area contributed by atoms with Gasteiger partial charge in [0.25, 0.3) is 0 Å². The van der Waals surface area contributed by atoms with Crippen molar-refractivity contribution in [2.24, 2.45) is 0 Å². The Morgan fingerprint density at radius 2 is 1.86 bits per heavy atom. The van der Waals surface area contributed by atoms with Crippen molar-refractivity contribution in [3.05, 3.63) is 23.8 Å². The number of hydrogen-bond acceptors (Lipinski definition) is 5. The summed E-state index contributed by atoms with van der Waals surface area (Å²) in [6.45, 7) is 4.89. The van der Waals surface area contributed by atoms with Crippen molar-refractivity contribution in [2.45, 2.75) is 32.4 Å². The predicted octanol–water partition coefficient (Wildman–Crippen LogP) is 2.31. The Morgan fingerprint density at radius 1 is 1.14 bits per heavy atom. The van der Waals surface area contributed by atoms with Gasteiger partial charge in [0.05, 0.1) is 26.9 Å². The second-order valence-corrected chi connectivity index (χ2v) is 5.36. The van der Waals surface area contributed by atoms with E-state index in [4.69, 9.17) is 14.2 Å². The molecule has 0 bridgehead atoms. The average Bonchev–Trinajstić information content (AvgIpc) is 2.52. The van der Waals surface area contributed by atoms with E-state index in [2.05, 4.69) is 11.8 Å². The summed E-state index contributed by atoms with van der Waals surface area (Å²) in [4.78, 5) is 2.20. The first kappa shape index (κ1) is 18.7. The van der Waals surface area contributed by atoms with E-state index in [0.29, 0.717) is 13.2 Å². The molecule has 1 aromatic rings. The number of hydrogen-bond donors (Lipinski definition) is 1. The van der Waals surface area contributed by atoms with E-state index >= 15 is 0 Å². The molecule has 1 N–H and O–H groups in total. The van der Waals surface area contributed by atoms with Crippen molar-refractivity contribution in [1.82, 2.24) is 4.90 Å². The Balaban J connectivity index is 2.75. The van der Waals surface area contributed by atoms with Crippen LogP contribution in [-0.2, 0) is 11.3 Å². The van der Waals surface area contributed by atoms with Crippen LogP contribution in [0.25, 0.3) is 0 Å². The highest BCUT2D eigenvalue weighted by Crippen LogP contribution is 2.28. The molecule has 0 amide bonds. The molecule has 1 atom stereocenters. The fourth-order valence-corrected chi connectivity index (χ4v) is 2.42. The van der Waals surface area contributed by atoms with Crippen LogP contribution < -0.4 is 9.47 Å². The van der Waals surface area contributed by atoms with E-state index < -0.39 is 0 Å². The van der Waals surface area contributed by atoms with Crippen LogP contribution in [0, 0.1) is 0 Å². The minimum absolute atomic E-state index is 0.304. The van der Waals surface area contributed by atoms with Gasteiger partial charge in [-0.2, -0.15) is 0 Å². The number of aliphatic hydroxyl groups excluding tert-OH is 1. The normalized spacial score (nSPS) is 12.5. The Labute approximate surface area is 133 Å². The van der Waals surface area contributed by atoms with Crippen LogP contribution in [0.4, 0.5) is 0 Å². The van der Waals surface area contributed by atoms with Gasteiger partial charge in [0, 0.05) is 26.7 Å². The number of rotatable bonds is 11. The van der Waals surface area contributed by atoms with E-state index in [1.807, 2.05) is 18.2 Å². The molecule has 0 saturated carbocycles. The molecule has 126 valence electrons. The van der Waals surface area contributed by atoms with Gasteiger partial charge in [0.2, 0.25) is 0 Å². The fraction of sp³-hybridized carbons (Fsp3) is 0.647. The molecule has 5 heteroatoms. The van der Waals surface area contributed by atoms with E-state index in [1.165, 1.54) is 0 Å². The molecule has 0 aromatic heterocycles. The van der Waals surface area contributed by atoms with E-state index in [9.17, 15) is 5.11 Å². The molecule has 1 rings (SSSR count). The standard InChI is InChI=1S/C17H29NO4/c1-5-6-15(19)13-18(9-10-20-2)12-14-7-8-16(21-3)17(11-14)22-4/h7-8,11,15,19H,5-6,9-10,12-13H2,1-4H3. The molecule has 0 aliphatic heterocycles. The molecular weight excluding hydrogens is 282 g/mol. The molecule has 0 spiro atoms. The number of benzene rings is 1. The first-order valence-corrected chi connectivity index (χ1v) is 7.74. The SMILES string of the molecule is CCCC(O)CN(CCOC)Cc1ccc(OC)c(OC)c1. The van der Waals surface area contributed by atoms with Crippen molar-refractivity contribution in [2.75, 3.05) is 41.0 Å². The van der Waals surface area contributed by atoms with Gasteiger partial charge in [0.15, 0.2) is 11.5 Å². The van der Waals surface area contributed by atoms with Crippen LogP contribution in [0.3, 0.4) is 0 Å². The summed E-state index contributed by atoms with van der Waals surface area (Å²) in [5.41, 5.74) is 1.12. The summed E-state index contributed by atoms with van der Waals surface area (Å²) in [5, 5.41) is 10.1. The Bertz CT molecular complexity index is 425. The molecule has 0 radical (unpaired) electrons. The van der Waals surface area contributed by atoms with Gasteiger partial charge in [-0.1, -0.05) is 19.4 Å². The van der Waals surface area contributed by atoms with Crippen molar-refractivity contribution >= 4 is 0 Å². The first-order chi connectivity index (χ1) is 10.6. The number of methoxy groups -OCH3 is 3. The van der Waals surface area contributed by atoms with Crippen molar-refractivity contribution in [3.63, 3.8) is 0 Å². The molecule has 1 unspecified atom stereocenters. The Kier molecular flexibility index (Phi) is 8.89. The number of aliphatic hydroxyl groups is 1. The smallest absolute Gasteiger partial charge is 0.161 e. The largest absolute Gasteiger partial charge is 0.493 e. The first-order valence-electron chi connectivity index (χ1n) is 7.74. The third-order valence-electron chi connectivity index (χ3n) is 3.56. The highest BCUT2D eigenvalue weighted by molar-refractivity contribution is 5.42. The molecule has 0 heterocycles. The zero-order chi connectivity index (χ0) is 16.4. The van der Waals surface area contributed by atoms with Gasteiger partial charge >= 0.3 is 0 Å². The van der Waals surface area contributed by atoms with Crippen LogP contribution in [0.5, 0.6) is 11.5 Å². The molecular formula is C17H29NO4. The zero-order valence-electron chi connectivity index (χ0n) is 14.2. The van der Waals surface area contributed by atoms with Crippen molar-refractivity contribution < 1.29 is 19.3 Å². The van der Waals surface area contributed by atoms with Gasteiger partial charge in [-0.05, 0) is 24.1 Å². The summed E-state index contributed by atoms with van der Waals surface area (Å²) in [7, 11) is 4.95. The molecule has 0 aliphatic carbocycles. The lowest BCUT2D eigenvalue weighted by atomic mass is 10.1. The van der Waals surface area contributed by atoms with Crippen LogP contribution in [0.15, 0.2) is 18.2 Å². The monoisotopic (exact) mass is 311 g/mol. The minimum atomic E-state index is -0.304. The van der Waals surface area contributed by atoms with Crippen molar-refractivity contribution in [1.29, 1.82) is 0 Å². The molecule has 5 nitrogen and oxygen atoms in total. The van der Waals surface area contributed by atoms with E-state index in [-0.39, 0.29) is 6.10 Å². The summed E-state index contributed by atoms with van der Waals surface area (Å²) < 4.78 is 15.8. The zero-order valence-corrected chi connectivity index (χ0v) is 14.2. The van der Waals surface area contributed by atoms with Crippen LogP contribution in [0.1, 0.15) is 25.3 Å². The Hall–Kier alpha value is -1.30. The highest BCUT2D eigenvalue weighted by atomic mass is 16.5. The summed E-state index contributed by atoms with van der Waals surface area (Å²) >= 11 is 0. The van der Waals surface area contributed by atoms with E-state index in [1.54, 1.807) is 21.3 Å². The molecule has 1 aromatic carbocycles. The lowest BCUT2D eigenvalue weighted by Gasteiger charge is -2.25. The van der Waals surface area contributed by atoms with Gasteiger partial charge < -0.3 is 19.3 Å². The second kappa shape index (κ2) is 10.4. The molecule has 0 fully saturated rings. The fourth-order valence-electron chi connectivity index (χ4n) is 2.42. The second-order valence-electron chi connectivity index (χ2n) is 5.36. The third kappa shape index (κ3) is 6.22. The lowest BCUT2D eigenvalue weighted by molar-refractivity contribution is 0.0799. The van der Waals surface area contributed by atoms with Gasteiger partial charge in [-0.25, -0.2) is 0 Å². The molecule has 0 aliphatic rings. The molecule has 0 saturated heterocycles. The molecule has 22 heavy (non-hydrogen) atoms. The number of ether oxygens (including phenoxy) is 3. The Morgan fingerprint density at radius 3 is 2.45 bits per heavy atom. The third-order valence-corrected chi connectivity index (χ3v) is 3.56. The maximum absolute atomic E-state index is 10.1. The van der Waals surface area contributed by atoms with Gasteiger partial charge in [-0.15, -0.1) is 0 Å².